The van der Waals surface area contributed by atoms with Crippen LogP contribution in [0.15, 0.2) is 4.99 Å². The minimum absolute atomic E-state index is 0. The van der Waals surface area contributed by atoms with Crippen LogP contribution in [-0.4, -0.2) is 69.2 Å². The minimum Gasteiger partial charge on any atom is -0.381 e. The highest BCUT2D eigenvalue weighted by atomic mass is 127. The molecule has 136 valence electrons. The van der Waals surface area contributed by atoms with Crippen LogP contribution < -0.4 is 10.6 Å². The Kier molecular flexibility index (Phi) is 8.95. The number of aliphatic imine (C=N–C) groups is 1. The van der Waals surface area contributed by atoms with Gasteiger partial charge in [-0.05, 0) is 32.4 Å². The SMILES string of the molecule is CCNC(=NCC1(SC)CCOCC1)NC1CCS(=O)(=O)C1.I. The van der Waals surface area contributed by atoms with Gasteiger partial charge in [-0.1, -0.05) is 0 Å². The fraction of sp³-hybridized carbons (Fsp3) is 0.929. The molecule has 6 nitrogen and oxygen atoms in total. The molecule has 1 unspecified atom stereocenters. The largest absolute Gasteiger partial charge is 0.381 e. The summed E-state index contributed by atoms with van der Waals surface area (Å²) >= 11 is 1.86. The van der Waals surface area contributed by atoms with Crippen molar-refractivity contribution in [3.8, 4) is 0 Å². The van der Waals surface area contributed by atoms with E-state index in [1.54, 1.807) is 0 Å². The lowest BCUT2D eigenvalue weighted by molar-refractivity contribution is 0.0794. The number of nitrogens with zero attached hydrogens (tertiary/aromatic N) is 1. The van der Waals surface area contributed by atoms with E-state index in [2.05, 4.69) is 16.9 Å². The van der Waals surface area contributed by atoms with Crippen LogP contribution in [0.3, 0.4) is 0 Å². The number of guanidine groups is 1. The van der Waals surface area contributed by atoms with Crippen LogP contribution in [0.2, 0.25) is 0 Å². The molecule has 0 amide bonds. The molecule has 9 heteroatoms. The summed E-state index contributed by atoms with van der Waals surface area (Å²) in [7, 11) is -2.87. The molecule has 1 atom stereocenters. The van der Waals surface area contributed by atoms with E-state index in [9.17, 15) is 8.42 Å². The summed E-state index contributed by atoms with van der Waals surface area (Å²) in [6.07, 6.45) is 4.81. The van der Waals surface area contributed by atoms with Crippen LogP contribution in [0.25, 0.3) is 0 Å². The average molecular weight is 477 g/mol. The van der Waals surface area contributed by atoms with Gasteiger partial charge in [-0.3, -0.25) is 4.99 Å². The average Bonchev–Trinajstić information content (AvgIpc) is 2.85. The quantitative estimate of drug-likeness (QED) is 0.353. The van der Waals surface area contributed by atoms with E-state index in [1.165, 1.54) is 0 Å². The van der Waals surface area contributed by atoms with Crippen molar-refractivity contribution in [3.05, 3.63) is 0 Å². The Morgan fingerprint density at radius 3 is 2.61 bits per heavy atom. The van der Waals surface area contributed by atoms with Crippen molar-refractivity contribution in [1.82, 2.24) is 10.6 Å². The Hall–Kier alpha value is 0.260. The van der Waals surface area contributed by atoms with Crippen LogP contribution in [0.4, 0.5) is 0 Å². The first-order chi connectivity index (χ1) is 10.5. The molecule has 2 saturated heterocycles. The van der Waals surface area contributed by atoms with E-state index in [4.69, 9.17) is 9.73 Å². The summed E-state index contributed by atoms with van der Waals surface area (Å²) in [5, 5.41) is 6.49. The predicted octanol–water partition coefficient (Wildman–Crippen LogP) is 1.26. The van der Waals surface area contributed by atoms with Crippen molar-refractivity contribution >= 4 is 51.5 Å². The second-order valence-electron chi connectivity index (χ2n) is 5.94. The number of hydrogen-bond donors (Lipinski definition) is 2. The molecule has 23 heavy (non-hydrogen) atoms. The summed E-state index contributed by atoms with van der Waals surface area (Å²) < 4.78 is 28.7. The van der Waals surface area contributed by atoms with Gasteiger partial charge in [-0.25, -0.2) is 8.42 Å². The smallest absolute Gasteiger partial charge is 0.191 e. The second kappa shape index (κ2) is 9.67. The number of halogens is 1. The highest BCUT2D eigenvalue weighted by molar-refractivity contribution is 14.0. The summed E-state index contributed by atoms with van der Waals surface area (Å²) in [6, 6.07) is -0.0253. The van der Waals surface area contributed by atoms with Crippen molar-refractivity contribution in [1.29, 1.82) is 0 Å². The van der Waals surface area contributed by atoms with Crippen molar-refractivity contribution in [3.63, 3.8) is 0 Å². The van der Waals surface area contributed by atoms with E-state index < -0.39 is 9.84 Å². The van der Waals surface area contributed by atoms with E-state index in [1.807, 2.05) is 18.7 Å². The molecule has 2 aliphatic heterocycles. The van der Waals surface area contributed by atoms with Crippen molar-refractivity contribution in [2.75, 3.05) is 44.1 Å². The van der Waals surface area contributed by atoms with Gasteiger partial charge in [0.25, 0.3) is 0 Å². The molecule has 0 aromatic rings. The standard InChI is InChI=1S/C14H27N3O3S2.HI/c1-3-15-13(17-12-4-9-22(18,19)10-12)16-11-14(21-2)5-7-20-8-6-14;/h12H,3-11H2,1-2H3,(H2,15,16,17);1H. The van der Waals surface area contributed by atoms with Gasteiger partial charge in [0.05, 0.1) is 18.1 Å². The zero-order valence-electron chi connectivity index (χ0n) is 13.8. The third kappa shape index (κ3) is 6.58. The number of rotatable bonds is 5. The Labute approximate surface area is 160 Å². The van der Waals surface area contributed by atoms with Crippen molar-refractivity contribution < 1.29 is 13.2 Å². The van der Waals surface area contributed by atoms with Crippen LogP contribution in [0, 0.1) is 0 Å². The van der Waals surface area contributed by atoms with E-state index in [0.29, 0.717) is 6.42 Å². The molecule has 2 rings (SSSR count). The minimum atomic E-state index is -2.87. The highest BCUT2D eigenvalue weighted by Crippen LogP contribution is 2.33. The summed E-state index contributed by atoms with van der Waals surface area (Å²) in [4.78, 5) is 4.71. The lowest BCUT2D eigenvalue weighted by Crippen LogP contribution is -2.45. The lowest BCUT2D eigenvalue weighted by atomic mass is 9.99. The Balaban J connectivity index is 0.00000264. The summed E-state index contributed by atoms with van der Waals surface area (Å²) in [5.74, 6) is 1.21. The lowest BCUT2D eigenvalue weighted by Gasteiger charge is -2.34. The van der Waals surface area contributed by atoms with Gasteiger partial charge < -0.3 is 15.4 Å². The fourth-order valence-electron chi connectivity index (χ4n) is 2.82. The Bertz CT molecular complexity index is 493. The van der Waals surface area contributed by atoms with Gasteiger partial charge >= 0.3 is 0 Å². The zero-order valence-corrected chi connectivity index (χ0v) is 17.8. The number of nitrogens with one attached hydrogen (secondary N) is 2. The monoisotopic (exact) mass is 477 g/mol. The van der Waals surface area contributed by atoms with Crippen molar-refractivity contribution in [2.45, 2.75) is 37.0 Å². The first kappa shape index (κ1) is 21.3. The van der Waals surface area contributed by atoms with Gasteiger partial charge in [0.1, 0.15) is 0 Å². The maximum atomic E-state index is 11.6. The molecule has 2 heterocycles. The molecule has 0 spiro atoms. The topological polar surface area (TPSA) is 79.8 Å². The molecule has 0 radical (unpaired) electrons. The van der Waals surface area contributed by atoms with Crippen LogP contribution in [0.1, 0.15) is 26.2 Å². The van der Waals surface area contributed by atoms with E-state index >= 15 is 0 Å². The first-order valence-corrected chi connectivity index (χ1v) is 10.9. The van der Waals surface area contributed by atoms with Crippen LogP contribution in [0.5, 0.6) is 0 Å². The van der Waals surface area contributed by atoms with Crippen LogP contribution >= 0.6 is 35.7 Å². The van der Waals surface area contributed by atoms with E-state index in [0.717, 1.165) is 45.1 Å². The molecule has 2 aliphatic rings. The predicted molar refractivity (Wildman–Crippen MR) is 108 cm³/mol. The molecule has 2 N–H and O–H groups in total. The van der Waals surface area contributed by atoms with Gasteiger partial charge in [-0.15, -0.1) is 24.0 Å². The maximum absolute atomic E-state index is 11.6. The Morgan fingerprint density at radius 2 is 2.09 bits per heavy atom. The molecule has 0 bridgehead atoms. The summed E-state index contributed by atoms with van der Waals surface area (Å²) in [6.45, 7) is 5.09. The zero-order chi connectivity index (χ0) is 16.1. The first-order valence-electron chi connectivity index (χ1n) is 7.87. The number of thioether (sulfide) groups is 1. The molecular formula is C14H28IN3O3S2. The highest BCUT2D eigenvalue weighted by Gasteiger charge is 2.32. The number of ether oxygens (including phenoxy) is 1. The third-order valence-electron chi connectivity index (χ3n) is 4.28. The molecule has 0 aromatic heterocycles. The molecule has 0 saturated carbocycles. The fourth-order valence-corrected chi connectivity index (χ4v) is 5.26. The molecule has 0 aromatic carbocycles. The van der Waals surface area contributed by atoms with Gasteiger partial charge in [0, 0.05) is 30.5 Å². The second-order valence-corrected chi connectivity index (χ2v) is 9.44. The van der Waals surface area contributed by atoms with Gasteiger partial charge in [-0.2, -0.15) is 11.8 Å². The summed E-state index contributed by atoms with van der Waals surface area (Å²) in [5.41, 5.74) is 0. The molecule has 0 aliphatic carbocycles. The van der Waals surface area contributed by atoms with E-state index in [-0.39, 0.29) is 46.3 Å². The van der Waals surface area contributed by atoms with Gasteiger partial charge in [0.15, 0.2) is 15.8 Å². The third-order valence-corrected chi connectivity index (χ3v) is 7.45. The molecule has 2 fully saturated rings. The normalized spacial score (nSPS) is 26.3. The Morgan fingerprint density at radius 1 is 1.39 bits per heavy atom. The van der Waals surface area contributed by atoms with Crippen LogP contribution in [-0.2, 0) is 14.6 Å². The number of hydrogen-bond acceptors (Lipinski definition) is 5. The molecular weight excluding hydrogens is 449 g/mol. The van der Waals surface area contributed by atoms with Crippen molar-refractivity contribution in [2.24, 2.45) is 4.99 Å². The maximum Gasteiger partial charge on any atom is 0.191 e. The number of sulfone groups is 1. The van der Waals surface area contributed by atoms with Gasteiger partial charge in [0.2, 0.25) is 0 Å².